The first-order valence-electron chi connectivity index (χ1n) is 8.17. The summed E-state index contributed by atoms with van der Waals surface area (Å²) in [5, 5.41) is 8.01. The minimum absolute atomic E-state index is 0.0325. The fourth-order valence-electron chi connectivity index (χ4n) is 1.45. The van der Waals surface area contributed by atoms with Gasteiger partial charge in [-0.3, -0.25) is 4.89 Å². The molecule has 0 aromatic carbocycles. The summed E-state index contributed by atoms with van der Waals surface area (Å²) in [6.45, 7) is 15.6. The minimum Gasteiger partial charge on any atom is -0.450 e. The molecular formula is C17H30O8. The Morgan fingerprint density at radius 1 is 1.24 bits per heavy atom. The van der Waals surface area contributed by atoms with E-state index in [0.29, 0.717) is 12.2 Å². The summed E-state index contributed by atoms with van der Waals surface area (Å²) in [5.41, 5.74) is -0.0307. The van der Waals surface area contributed by atoms with Gasteiger partial charge in [-0.05, 0) is 46.5 Å². The summed E-state index contributed by atoms with van der Waals surface area (Å²) in [4.78, 5) is 31.0. The van der Waals surface area contributed by atoms with Crippen LogP contribution in [0.5, 0.6) is 0 Å². The number of carbonyl (C=O) groups is 2. The van der Waals surface area contributed by atoms with Gasteiger partial charge >= 0.3 is 18.1 Å². The van der Waals surface area contributed by atoms with Crippen LogP contribution in [0, 0.1) is 5.41 Å². The molecule has 1 atom stereocenters. The summed E-state index contributed by atoms with van der Waals surface area (Å²) in [7, 11) is 0. The fourth-order valence-corrected chi connectivity index (χ4v) is 1.45. The predicted octanol–water partition coefficient (Wildman–Crippen LogP) is 4.00. The molecular weight excluding hydrogens is 332 g/mol. The molecule has 8 heteroatoms. The number of hydrogen-bond acceptors (Lipinski definition) is 7. The quantitative estimate of drug-likeness (QED) is 0.299. The van der Waals surface area contributed by atoms with E-state index < -0.39 is 18.0 Å². The highest BCUT2D eigenvalue weighted by Gasteiger charge is 2.40. The van der Waals surface area contributed by atoms with E-state index in [-0.39, 0.29) is 17.3 Å². The molecule has 1 rings (SSSR count). The zero-order chi connectivity index (χ0) is 19.8. The van der Waals surface area contributed by atoms with Crippen molar-refractivity contribution < 1.29 is 38.7 Å². The number of carbonyl (C=O) groups excluding carboxylic acids is 1. The van der Waals surface area contributed by atoms with E-state index in [2.05, 4.69) is 30.2 Å². The lowest BCUT2D eigenvalue weighted by molar-refractivity contribution is -0.371. The van der Waals surface area contributed by atoms with Gasteiger partial charge < -0.3 is 19.3 Å². The smallest absolute Gasteiger partial charge is 0.450 e. The summed E-state index contributed by atoms with van der Waals surface area (Å²) in [6, 6.07) is 0. The van der Waals surface area contributed by atoms with Gasteiger partial charge in [0.05, 0.1) is 0 Å². The first-order valence-corrected chi connectivity index (χ1v) is 8.17. The lowest BCUT2D eigenvalue weighted by atomic mass is 9.75. The molecule has 1 unspecified atom stereocenters. The van der Waals surface area contributed by atoms with Crippen molar-refractivity contribution in [2.45, 2.75) is 73.7 Å². The molecule has 0 bridgehead atoms. The highest BCUT2D eigenvalue weighted by atomic mass is 17.2. The van der Waals surface area contributed by atoms with Crippen LogP contribution in [0.25, 0.3) is 0 Å². The summed E-state index contributed by atoms with van der Waals surface area (Å²) in [5.74, 6) is -0.184. The Labute approximate surface area is 149 Å². The van der Waals surface area contributed by atoms with Gasteiger partial charge in [0.15, 0.2) is 0 Å². The topological polar surface area (TPSA) is 101 Å². The largest absolute Gasteiger partial charge is 0.508 e. The van der Waals surface area contributed by atoms with Crippen LogP contribution in [-0.2, 0) is 28.8 Å². The van der Waals surface area contributed by atoms with Crippen LogP contribution in [0.2, 0.25) is 0 Å². The first-order chi connectivity index (χ1) is 11.4. The monoisotopic (exact) mass is 362 g/mol. The zero-order valence-electron chi connectivity index (χ0n) is 16.3. The van der Waals surface area contributed by atoms with E-state index in [1.165, 1.54) is 6.92 Å². The SMILES string of the molecule is CCC(C)(C)C(C)(C)OOC1=C(C)C(=O)O1.CCOC(C)OC(=O)O. The van der Waals surface area contributed by atoms with E-state index in [4.69, 9.17) is 19.6 Å². The lowest BCUT2D eigenvalue weighted by Crippen LogP contribution is -2.41. The third-order valence-corrected chi connectivity index (χ3v) is 4.31. The van der Waals surface area contributed by atoms with Crippen LogP contribution in [0.3, 0.4) is 0 Å². The average molecular weight is 362 g/mol. The fraction of sp³-hybridized carbons (Fsp3) is 0.765. The number of cyclic esters (lactones) is 1. The lowest BCUT2D eigenvalue weighted by Gasteiger charge is -2.39. The van der Waals surface area contributed by atoms with Gasteiger partial charge in [0, 0.05) is 6.61 Å². The third kappa shape index (κ3) is 7.31. The number of carboxylic acid groups (broad SMARTS) is 1. The van der Waals surface area contributed by atoms with E-state index in [9.17, 15) is 9.59 Å². The zero-order valence-corrected chi connectivity index (χ0v) is 16.3. The van der Waals surface area contributed by atoms with Gasteiger partial charge in [0.2, 0.25) is 6.29 Å². The van der Waals surface area contributed by atoms with Crippen molar-refractivity contribution in [3.05, 3.63) is 11.5 Å². The second kappa shape index (κ2) is 9.62. The third-order valence-electron chi connectivity index (χ3n) is 4.31. The maximum absolute atomic E-state index is 10.8. The van der Waals surface area contributed by atoms with Crippen LogP contribution in [0.1, 0.15) is 61.8 Å². The molecule has 0 saturated carbocycles. The van der Waals surface area contributed by atoms with E-state index in [1.807, 2.05) is 13.8 Å². The van der Waals surface area contributed by atoms with Crippen LogP contribution in [-0.4, -0.2) is 35.7 Å². The molecule has 1 aliphatic rings. The number of hydrogen-bond donors (Lipinski definition) is 1. The summed E-state index contributed by atoms with van der Waals surface area (Å²) < 4.78 is 13.6. The van der Waals surface area contributed by atoms with Gasteiger partial charge in [-0.2, -0.15) is 4.89 Å². The van der Waals surface area contributed by atoms with E-state index in [1.54, 1.807) is 13.8 Å². The number of esters is 1. The molecule has 0 radical (unpaired) electrons. The van der Waals surface area contributed by atoms with Crippen molar-refractivity contribution >= 4 is 12.1 Å². The molecule has 25 heavy (non-hydrogen) atoms. The molecule has 0 spiro atoms. The molecule has 1 N–H and O–H groups in total. The Kier molecular flexibility index (Phi) is 8.93. The molecule has 1 heterocycles. The Morgan fingerprint density at radius 3 is 2.16 bits per heavy atom. The Morgan fingerprint density at radius 2 is 1.80 bits per heavy atom. The Hall–Kier alpha value is -1.80. The predicted molar refractivity (Wildman–Crippen MR) is 89.3 cm³/mol. The Bertz CT molecular complexity index is 493. The van der Waals surface area contributed by atoms with Gasteiger partial charge in [0.25, 0.3) is 0 Å². The molecule has 1 aliphatic heterocycles. The molecule has 8 nitrogen and oxygen atoms in total. The standard InChI is InChI=1S/C12H20O4.C5H10O4/c1-7-11(3,4)12(5,6)16-15-10-8(2)9(13)14-10;1-3-8-4(2)9-5(6)7/h7H2,1-6H3;4H,3H2,1-2H3,(H,6,7). The second-order valence-corrected chi connectivity index (χ2v) is 6.62. The molecule has 0 fully saturated rings. The van der Waals surface area contributed by atoms with Crippen LogP contribution >= 0.6 is 0 Å². The van der Waals surface area contributed by atoms with Crippen LogP contribution < -0.4 is 0 Å². The normalized spacial score (nSPS) is 15.4. The van der Waals surface area contributed by atoms with Crippen LogP contribution in [0.4, 0.5) is 4.79 Å². The van der Waals surface area contributed by atoms with Gasteiger partial charge in [-0.15, -0.1) is 0 Å². The molecule has 0 amide bonds. The van der Waals surface area contributed by atoms with Crippen molar-refractivity contribution in [3.8, 4) is 0 Å². The van der Waals surface area contributed by atoms with Gasteiger partial charge in [-0.1, -0.05) is 20.8 Å². The second-order valence-electron chi connectivity index (χ2n) is 6.62. The Balaban J connectivity index is 0.000000547. The molecule has 146 valence electrons. The van der Waals surface area contributed by atoms with Crippen molar-refractivity contribution in [1.82, 2.24) is 0 Å². The van der Waals surface area contributed by atoms with Crippen molar-refractivity contribution in [2.75, 3.05) is 6.61 Å². The molecule has 0 aliphatic carbocycles. The van der Waals surface area contributed by atoms with Crippen molar-refractivity contribution in [3.63, 3.8) is 0 Å². The highest BCUT2D eigenvalue weighted by molar-refractivity contribution is 5.93. The average Bonchev–Trinajstić information content (AvgIpc) is 2.50. The molecule has 0 saturated heterocycles. The van der Waals surface area contributed by atoms with Crippen molar-refractivity contribution in [2.24, 2.45) is 5.41 Å². The van der Waals surface area contributed by atoms with Crippen LogP contribution in [0.15, 0.2) is 11.5 Å². The first kappa shape index (κ1) is 23.2. The molecule has 0 aromatic rings. The van der Waals surface area contributed by atoms with E-state index >= 15 is 0 Å². The summed E-state index contributed by atoms with van der Waals surface area (Å²) in [6.07, 6.45) is -1.01. The minimum atomic E-state index is -1.31. The highest BCUT2D eigenvalue weighted by Crippen LogP contribution is 2.38. The maximum Gasteiger partial charge on any atom is 0.508 e. The molecule has 0 aromatic heterocycles. The van der Waals surface area contributed by atoms with Gasteiger partial charge in [0.1, 0.15) is 11.2 Å². The van der Waals surface area contributed by atoms with E-state index in [0.717, 1.165) is 6.42 Å². The maximum atomic E-state index is 10.8. The number of rotatable bonds is 8. The van der Waals surface area contributed by atoms with Crippen molar-refractivity contribution in [1.29, 1.82) is 0 Å². The summed E-state index contributed by atoms with van der Waals surface area (Å²) >= 11 is 0. The van der Waals surface area contributed by atoms with Gasteiger partial charge in [-0.25, -0.2) is 9.59 Å². The number of ether oxygens (including phenoxy) is 3.